The van der Waals surface area contributed by atoms with E-state index in [1.54, 1.807) is 0 Å². The Morgan fingerprint density at radius 3 is 2.62 bits per heavy atom. The molecule has 0 aromatic heterocycles. The summed E-state index contributed by atoms with van der Waals surface area (Å²) in [6.07, 6.45) is 0.579. The Bertz CT molecular complexity index is 600. The maximum absolute atomic E-state index is 11.9. The molecule has 1 saturated heterocycles. The summed E-state index contributed by atoms with van der Waals surface area (Å²) in [6.45, 7) is 7.75. The third-order valence-corrected chi connectivity index (χ3v) is 4.84. The molecule has 0 saturated carbocycles. The second-order valence-electron chi connectivity index (χ2n) is 7.21. The van der Waals surface area contributed by atoms with Crippen LogP contribution >= 0.6 is 0 Å². The molecule has 1 aromatic rings. The van der Waals surface area contributed by atoms with E-state index in [1.165, 1.54) is 5.56 Å². The van der Waals surface area contributed by atoms with Crippen molar-refractivity contribution < 1.29 is 14.3 Å². The predicted molar refractivity (Wildman–Crippen MR) is 100 cm³/mol. The van der Waals surface area contributed by atoms with Gasteiger partial charge in [-0.3, -0.25) is 9.69 Å². The van der Waals surface area contributed by atoms with Crippen LogP contribution in [0.1, 0.15) is 12.0 Å². The fourth-order valence-electron chi connectivity index (χ4n) is 3.24. The molecule has 0 radical (unpaired) electrons. The fourth-order valence-corrected chi connectivity index (χ4v) is 3.24. The molecule has 1 aromatic carbocycles. The lowest BCUT2D eigenvalue weighted by atomic mass is 10.1. The Hall–Kier alpha value is -1.83. The Morgan fingerprint density at radius 1 is 1.12 bits per heavy atom. The van der Waals surface area contributed by atoms with Crippen molar-refractivity contribution in [3.05, 3.63) is 23.8 Å². The van der Waals surface area contributed by atoms with Gasteiger partial charge in [-0.15, -0.1) is 0 Å². The molecule has 2 aliphatic rings. The van der Waals surface area contributed by atoms with Crippen LogP contribution in [0.5, 0.6) is 11.5 Å². The topological polar surface area (TPSA) is 57.3 Å². The van der Waals surface area contributed by atoms with E-state index < -0.39 is 0 Å². The van der Waals surface area contributed by atoms with E-state index in [9.17, 15) is 4.79 Å². The monoisotopic (exact) mass is 362 g/mol. The maximum Gasteiger partial charge on any atom is 0.231 e. The quantitative estimate of drug-likeness (QED) is 0.731. The van der Waals surface area contributed by atoms with Crippen LogP contribution in [-0.2, 0) is 11.3 Å². The number of nitrogens with zero attached hydrogens (tertiary/aromatic N) is 3. The van der Waals surface area contributed by atoms with Crippen LogP contribution in [0.3, 0.4) is 0 Å². The summed E-state index contributed by atoms with van der Waals surface area (Å²) in [6, 6.07) is 6.17. The van der Waals surface area contributed by atoms with Gasteiger partial charge < -0.3 is 24.6 Å². The Labute approximate surface area is 155 Å². The summed E-state index contributed by atoms with van der Waals surface area (Å²) in [5, 5.41) is 2.98. The first-order valence-corrected chi connectivity index (χ1v) is 9.35. The summed E-state index contributed by atoms with van der Waals surface area (Å²) in [5.41, 5.74) is 1.25. The second kappa shape index (κ2) is 9.21. The van der Waals surface area contributed by atoms with Crippen molar-refractivity contribution in [1.29, 1.82) is 0 Å². The minimum Gasteiger partial charge on any atom is -0.454 e. The van der Waals surface area contributed by atoms with Gasteiger partial charge in [0.25, 0.3) is 0 Å². The van der Waals surface area contributed by atoms with Crippen LogP contribution in [0, 0.1) is 0 Å². The van der Waals surface area contributed by atoms with Crippen molar-refractivity contribution in [3.63, 3.8) is 0 Å². The average Bonchev–Trinajstić information content (AvgIpc) is 3.08. The first-order chi connectivity index (χ1) is 12.6. The van der Waals surface area contributed by atoms with Crippen LogP contribution in [0.2, 0.25) is 0 Å². The molecule has 3 rings (SSSR count). The van der Waals surface area contributed by atoms with Gasteiger partial charge in [0.15, 0.2) is 11.5 Å². The third kappa shape index (κ3) is 5.59. The van der Waals surface area contributed by atoms with Gasteiger partial charge in [-0.1, -0.05) is 6.07 Å². The van der Waals surface area contributed by atoms with E-state index in [2.05, 4.69) is 32.1 Å². The normalized spacial score (nSPS) is 17.7. The van der Waals surface area contributed by atoms with E-state index >= 15 is 0 Å². The van der Waals surface area contributed by atoms with Crippen LogP contribution in [0.15, 0.2) is 18.2 Å². The molecule has 26 heavy (non-hydrogen) atoms. The van der Waals surface area contributed by atoms with Gasteiger partial charge in [0, 0.05) is 58.8 Å². The molecule has 7 nitrogen and oxygen atoms in total. The largest absolute Gasteiger partial charge is 0.454 e. The number of rotatable bonds is 8. The van der Waals surface area contributed by atoms with Crippen LogP contribution < -0.4 is 14.8 Å². The zero-order valence-electron chi connectivity index (χ0n) is 15.9. The maximum atomic E-state index is 11.9. The van der Waals surface area contributed by atoms with Gasteiger partial charge in [0.2, 0.25) is 12.7 Å². The van der Waals surface area contributed by atoms with E-state index in [4.69, 9.17) is 9.47 Å². The summed E-state index contributed by atoms with van der Waals surface area (Å²) < 4.78 is 10.8. The van der Waals surface area contributed by atoms with E-state index in [0.717, 1.165) is 63.9 Å². The summed E-state index contributed by atoms with van der Waals surface area (Å²) in [7, 11) is 4.02. The van der Waals surface area contributed by atoms with Gasteiger partial charge in [-0.05, 0) is 31.8 Å². The highest BCUT2D eigenvalue weighted by Gasteiger charge is 2.19. The number of ether oxygens (including phenoxy) is 2. The highest BCUT2D eigenvalue weighted by Crippen LogP contribution is 2.32. The van der Waals surface area contributed by atoms with Gasteiger partial charge in [0.05, 0.1) is 0 Å². The number of piperazine rings is 1. The number of fused-ring (bicyclic) bond motifs is 1. The zero-order chi connectivity index (χ0) is 18.4. The van der Waals surface area contributed by atoms with Gasteiger partial charge in [-0.2, -0.15) is 0 Å². The highest BCUT2D eigenvalue weighted by atomic mass is 16.7. The first kappa shape index (κ1) is 18.9. The van der Waals surface area contributed by atoms with Crippen molar-refractivity contribution in [2.24, 2.45) is 0 Å². The Morgan fingerprint density at radius 2 is 1.85 bits per heavy atom. The number of carbonyl (C=O) groups excluding carboxylic acids is 1. The van der Waals surface area contributed by atoms with Crippen molar-refractivity contribution in [2.45, 2.75) is 13.0 Å². The molecule has 2 heterocycles. The van der Waals surface area contributed by atoms with E-state index in [0.29, 0.717) is 13.2 Å². The average molecular weight is 362 g/mol. The van der Waals surface area contributed by atoms with Crippen LogP contribution in [0.25, 0.3) is 0 Å². The van der Waals surface area contributed by atoms with Gasteiger partial charge >= 0.3 is 0 Å². The predicted octanol–water partition coefficient (Wildman–Crippen LogP) is 0.601. The lowest BCUT2D eigenvalue weighted by molar-refractivity contribution is -0.121. The first-order valence-electron chi connectivity index (χ1n) is 9.35. The molecule has 1 N–H and O–H groups in total. The number of hydrogen-bond acceptors (Lipinski definition) is 6. The van der Waals surface area contributed by atoms with Crippen molar-refractivity contribution in [2.75, 3.05) is 66.7 Å². The molecule has 0 aliphatic carbocycles. The molecule has 0 bridgehead atoms. The van der Waals surface area contributed by atoms with E-state index in [1.807, 2.05) is 20.2 Å². The number of amides is 1. The van der Waals surface area contributed by atoms with Crippen LogP contribution in [0.4, 0.5) is 0 Å². The summed E-state index contributed by atoms with van der Waals surface area (Å²) >= 11 is 0. The molecule has 0 unspecified atom stereocenters. The molecule has 144 valence electrons. The fraction of sp³-hybridized carbons (Fsp3) is 0.632. The van der Waals surface area contributed by atoms with Crippen molar-refractivity contribution >= 4 is 5.91 Å². The third-order valence-electron chi connectivity index (χ3n) is 4.84. The standard InChI is InChI=1S/C19H30N4O3/c1-21(2)8-6-20-19(24)5-7-22-9-11-23(12-10-22)14-16-3-4-17-18(13-16)26-15-25-17/h3-4,13H,5-12,14-15H2,1-2H3,(H,20,24). The smallest absolute Gasteiger partial charge is 0.231 e. The Balaban J connectivity index is 1.33. The Kier molecular flexibility index (Phi) is 6.71. The second-order valence-corrected chi connectivity index (χ2v) is 7.21. The SMILES string of the molecule is CN(C)CCNC(=O)CCN1CCN(Cc2ccc3c(c2)OCO3)CC1. The molecular weight excluding hydrogens is 332 g/mol. The molecule has 1 fully saturated rings. The zero-order valence-corrected chi connectivity index (χ0v) is 15.9. The van der Waals surface area contributed by atoms with E-state index in [-0.39, 0.29) is 5.91 Å². The molecule has 7 heteroatoms. The minimum atomic E-state index is 0.148. The van der Waals surface area contributed by atoms with Crippen molar-refractivity contribution in [1.82, 2.24) is 20.0 Å². The number of likely N-dealkylation sites (N-methyl/N-ethyl adjacent to an activating group) is 1. The molecule has 1 amide bonds. The molecule has 2 aliphatic heterocycles. The summed E-state index contributed by atoms with van der Waals surface area (Å²) in [4.78, 5) is 18.8. The van der Waals surface area contributed by atoms with Crippen molar-refractivity contribution in [3.8, 4) is 11.5 Å². The number of benzene rings is 1. The minimum absolute atomic E-state index is 0.148. The molecule has 0 atom stereocenters. The van der Waals surface area contributed by atoms with Gasteiger partial charge in [0.1, 0.15) is 0 Å². The summed E-state index contributed by atoms with van der Waals surface area (Å²) in [5.74, 6) is 1.83. The molecule has 0 spiro atoms. The highest BCUT2D eigenvalue weighted by molar-refractivity contribution is 5.76. The number of nitrogens with one attached hydrogen (secondary N) is 1. The lowest BCUT2D eigenvalue weighted by Gasteiger charge is -2.34. The molecular formula is C19H30N4O3. The van der Waals surface area contributed by atoms with Crippen LogP contribution in [-0.4, -0.2) is 87.3 Å². The number of carbonyl (C=O) groups is 1. The van der Waals surface area contributed by atoms with Gasteiger partial charge in [-0.25, -0.2) is 0 Å². The number of hydrogen-bond donors (Lipinski definition) is 1. The lowest BCUT2D eigenvalue weighted by Crippen LogP contribution is -2.46.